The number of carbonyl (C=O) groups is 2. The summed E-state index contributed by atoms with van der Waals surface area (Å²) in [6.07, 6.45) is 5.12. The van der Waals surface area contributed by atoms with Gasteiger partial charge in [-0.2, -0.15) is 5.10 Å². The monoisotopic (exact) mass is 441 g/mol. The Labute approximate surface area is 190 Å². The van der Waals surface area contributed by atoms with E-state index in [1.54, 1.807) is 61.5 Å². The molecule has 9 heteroatoms. The van der Waals surface area contributed by atoms with Gasteiger partial charge in [-0.05, 0) is 48.0 Å². The van der Waals surface area contributed by atoms with E-state index >= 15 is 0 Å². The molecule has 2 heterocycles. The second-order valence-electron chi connectivity index (χ2n) is 7.60. The Morgan fingerprint density at radius 1 is 1.06 bits per heavy atom. The van der Waals surface area contributed by atoms with E-state index in [0.29, 0.717) is 22.8 Å². The summed E-state index contributed by atoms with van der Waals surface area (Å²) in [4.78, 5) is 34.8. The molecule has 0 aliphatic carbocycles. The van der Waals surface area contributed by atoms with Gasteiger partial charge in [0.05, 0.1) is 16.8 Å². The van der Waals surface area contributed by atoms with Crippen molar-refractivity contribution in [2.24, 2.45) is 12.0 Å². The second-order valence-corrected chi connectivity index (χ2v) is 7.60. The largest absolute Gasteiger partial charge is 0.331 e. The quantitative estimate of drug-likeness (QED) is 0.456. The number of fused-ring (bicyclic) bond motifs is 1. The highest BCUT2D eigenvalue weighted by atomic mass is 16.2. The molecule has 0 unspecified atom stereocenters. The summed E-state index contributed by atoms with van der Waals surface area (Å²) in [6, 6.07) is 15.9. The lowest BCUT2D eigenvalue weighted by molar-refractivity contribution is 0.102. The normalized spacial score (nSPS) is 11.0. The van der Waals surface area contributed by atoms with Gasteiger partial charge in [-0.3, -0.25) is 19.8 Å². The van der Waals surface area contributed by atoms with E-state index in [1.807, 2.05) is 37.5 Å². The third kappa shape index (κ3) is 5.21. The van der Waals surface area contributed by atoms with Gasteiger partial charge < -0.3 is 10.2 Å². The van der Waals surface area contributed by atoms with E-state index in [0.717, 1.165) is 16.5 Å². The number of aryl methyl sites for hydroxylation is 1. The topological polar surface area (TPSA) is 105 Å². The molecule has 3 amide bonds. The maximum Gasteiger partial charge on any atom is 0.322 e. The van der Waals surface area contributed by atoms with Gasteiger partial charge in [-0.15, -0.1) is 0 Å². The minimum Gasteiger partial charge on any atom is -0.331 e. The Morgan fingerprint density at radius 2 is 1.88 bits per heavy atom. The minimum atomic E-state index is -0.275. The molecule has 166 valence electrons. The molecule has 0 aliphatic heterocycles. The maximum absolute atomic E-state index is 13.0. The molecule has 9 nitrogen and oxygen atoms in total. The van der Waals surface area contributed by atoms with Crippen LogP contribution in [0.25, 0.3) is 10.9 Å². The summed E-state index contributed by atoms with van der Waals surface area (Å²) in [7, 11) is 5.16. The van der Waals surface area contributed by atoms with Gasteiger partial charge in [0.2, 0.25) is 0 Å². The zero-order valence-corrected chi connectivity index (χ0v) is 18.5. The van der Waals surface area contributed by atoms with Crippen molar-refractivity contribution in [3.63, 3.8) is 0 Å². The van der Waals surface area contributed by atoms with Gasteiger partial charge in [0.25, 0.3) is 5.91 Å². The Morgan fingerprint density at radius 3 is 2.70 bits per heavy atom. The van der Waals surface area contributed by atoms with Crippen molar-refractivity contribution in [3.8, 4) is 0 Å². The van der Waals surface area contributed by atoms with Crippen molar-refractivity contribution in [2.75, 3.05) is 24.7 Å². The fraction of sp³-hybridized carbons (Fsp3) is 0.125. The zero-order chi connectivity index (χ0) is 23.4. The lowest BCUT2D eigenvalue weighted by Crippen LogP contribution is -2.27. The van der Waals surface area contributed by atoms with E-state index in [9.17, 15) is 9.59 Å². The molecule has 4 aromatic rings. The summed E-state index contributed by atoms with van der Waals surface area (Å²) in [5.41, 5.74) is 3.14. The van der Waals surface area contributed by atoms with Gasteiger partial charge in [-0.1, -0.05) is 12.1 Å². The SMILES string of the molecule is CN(C)C(=O)Nc1cc(C=Nc2ccccc2C(=O)Nc2ccc3cn(C)nc3c2)ccn1. The number of hydrogen-bond donors (Lipinski definition) is 2. The van der Waals surface area contributed by atoms with Crippen LogP contribution in [0, 0.1) is 0 Å². The fourth-order valence-corrected chi connectivity index (χ4v) is 3.15. The number of para-hydroxylation sites is 1. The summed E-state index contributed by atoms with van der Waals surface area (Å²) in [5, 5.41) is 11.0. The third-order valence-electron chi connectivity index (χ3n) is 4.81. The lowest BCUT2D eigenvalue weighted by Gasteiger charge is -2.11. The summed E-state index contributed by atoms with van der Waals surface area (Å²) >= 11 is 0. The van der Waals surface area contributed by atoms with Gasteiger partial charge in [0.1, 0.15) is 5.82 Å². The number of amides is 3. The molecular formula is C24H23N7O2. The van der Waals surface area contributed by atoms with Crippen LogP contribution in [-0.4, -0.2) is 51.9 Å². The first kappa shape index (κ1) is 21.7. The van der Waals surface area contributed by atoms with E-state index in [1.165, 1.54) is 4.90 Å². The molecular weight excluding hydrogens is 418 g/mol. The first-order valence-corrected chi connectivity index (χ1v) is 10.2. The van der Waals surface area contributed by atoms with E-state index in [4.69, 9.17) is 0 Å². The molecule has 0 fully saturated rings. The first-order chi connectivity index (χ1) is 15.9. The summed E-state index contributed by atoms with van der Waals surface area (Å²) in [5.74, 6) is 0.139. The van der Waals surface area contributed by atoms with Crippen molar-refractivity contribution in [2.45, 2.75) is 0 Å². The number of hydrogen-bond acceptors (Lipinski definition) is 5. The zero-order valence-electron chi connectivity index (χ0n) is 18.5. The molecule has 0 bridgehead atoms. The summed E-state index contributed by atoms with van der Waals surface area (Å²) < 4.78 is 1.73. The molecule has 4 rings (SSSR count). The van der Waals surface area contributed by atoms with Gasteiger partial charge >= 0.3 is 6.03 Å². The number of aromatic nitrogens is 3. The number of nitrogens with one attached hydrogen (secondary N) is 2. The Kier molecular flexibility index (Phi) is 6.12. The van der Waals surface area contributed by atoms with Gasteiger partial charge in [-0.25, -0.2) is 9.78 Å². The van der Waals surface area contributed by atoms with Gasteiger partial charge in [0, 0.05) is 50.8 Å². The summed E-state index contributed by atoms with van der Waals surface area (Å²) in [6.45, 7) is 0. The predicted molar refractivity (Wildman–Crippen MR) is 129 cm³/mol. The van der Waals surface area contributed by atoms with Crippen LogP contribution in [0.3, 0.4) is 0 Å². The molecule has 2 aromatic carbocycles. The van der Waals surface area contributed by atoms with Crippen LogP contribution in [0.4, 0.5) is 22.0 Å². The first-order valence-electron chi connectivity index (χ1n) is 10.2. The Hall–Kier alpha value is -4.53. The van der Waals surface area contributed by atoms with Gasteiger partial charge in [0.15, 0.2) is 0 Å². The van der Waals surface area contributed by atoms with Crippen LogP contribution in [0.15, 0.2) is 72.0 Å². The van der Waals surface area contributed by atoms with Crippen molar-refractivity contribution < 1.29 is 9.59 Å². The van der Waals surface area contributed by atoms with Crippen LogP contribution < -0.4 is 10.6 Å². The van der Waals surface area contributed by atoms with E-state index in [2.05, 4.69) is 25.7 Å². The number of benzene rings is 2. The average molecular weight is 441 g/mol. The number of urea groups is 1. The molecule has 0 saturated carbocycles. The molecule has 0 aliphatic rings. The highest BCUT2D eigenvalue weighted by molar-refractivity contribution is 6.08. The molecule has 33 heavy (non-hydrogen) atoms. The number of pyridine rings is 1. The number of nitrogens with zero attached hydrogens (tertiary/aromatic N) is 5. The maximum atomic E-state index is 13.0. The Balaban J connectivity index is 1.52. The molecule has 2 N–H and O–H groups in total. The van der Waals surface area contributed by atoms with Crippen LogP contribution >= 0.6 is 0 Å². The van der Waals surface area contributed by atoms with Crippen molar-refractivity contribution >= 4 is 46.2 Å². The molecule has 2 aromatic heterocycles. The highest BCUT2D eigenvalue weighted by Crippen LogP contribution is 2.22. The number of anilines is 2. The average Bonchev–Trinajstić information content (AvgIpc) is 3.17. The van der Waals surface area contributed by atoms with Crippen LogP contribution in [0.2, 0.25) is 0 Å². The fourth-order valence-electron chi connectivity index (χ4n) is 3.15. The second kappa shape index (κ2) is 9.31. The molecule has 0 radical (unpaired) electrons. The number of rotatable bonds is 5. The van der Waals surface area contributed by atoms with Crippen molar-refractivity contribution in [1.29, 1.82) is 0 Å². The van der Waals surface area contributed by atoms with Crippen LogP contribution in [0.5, 0.6) is 0 Å². The standard InChI is InChI=1S/C24H23N7O2/c1-30(2)24(33)28-22-12-16(10-11-25-22)14-26-20-7-5-4-6-19(20)23(32)27-18-9-8-17-15-31(3)29-21(17)13-18/h4-15H,1-3H3,(H,27,32)(H,25,28,33). The van der Waals surface area contributed by atoms with E-state index in [-0.39, 0.29) is 11.9 Å². The van der Waals surface area contributed by atoms with E-state index < -0.39 is 0 Å². The minimum absolute atomic E-state index is 0.272. The Bertz CT molecular complexity index is 1360. The lowest BCUT2D eigenvalue weighted by atomic mass is 10.1. The van der Waals surface area contributed by atoms with Crippen LogP contribution in [0.1, 0.15) is 15.9 Å². The molecule has 0 atom stereocenters. The highest BCUT2D eigenvalue weighted by Gasteiger charge is 2.12. The number of carbonyl (C=O) groups excluding carboxylic acids is 2. The smallest absolute Gasteiger partial charge is 0.322 e. The predicted octanol–water partition coefficient (Wildman–Crippen LogP) is 4.06. The molecule has 0 spiro atoms. The van der Waals surface area contributed by atoms with Crippen LogP contribution in [-0.2, 0) is 7.05 Å². The molecule has 0 saturated heterocycles. The van der Waals surface area contributed by atoms with Crippen molar-refractivity contribution in [3.05, 3.63) is 78.1 Å². The third-order valence-corrected chi connectivity index (χ3v) is 4.81. The number of aliphatic imine (C=N–C) groups is 1. The van der Waals surface area contributed by atoms with Crippen molar-refractivity contribution in [1.82, 2.24) is 19.7 Å².